The lowest BCUT2D eigenvalue weighted by atomic mass is 9.86. The molecule has 112 valence electrons. The summed E-state index contributed by atoms with van der Waals surface area (Å²) in [5.41, 5.74) is 4.98. The average molecular weight is 286 g/mol. The Morgan fingerprint density at radius 1 is 0.952 bits per heavy atom. The summed E-state index contributed by atoms with van der Waals surface area (Å²) in [5, 5.41) is 10.7. The third-order valence-electron chi connectivity index (χ3n) is 3.90. The molecule has 2 rings (SSSR count). The zero-order chi connectivity index (χ0) is 15.6. The SMILES string of the molecule is Cc1cc(C)c(CC(C)(O)Cc2ccc(F)cc2)c(C)c1. The van der Waals surface area contributed by atoms with Crippen molar-refractivity contribution in [3.8, 4) is 0 Å². The van der Waals surface area contributed by atoms with Gasteiger partial charge in [-0.25, -0.2) is 4.39 Å². The standard InChI is InChI=1S/C19H23FO/c1-13-9-14(2)18(15(3)10-13)12-19(4,21)11-16-5-7-17(20)8-6-16/h5-10,21H,11-12H2,1-4H3. The first-order valence-electron chi connectivity index (χ1n) is 7.30. The van der Waals surface area contributed by atoms with Gasteiger partial charge in [0.15, 0.2) is 0 Å². The van der Waals surface area contributed by atoms with Gasteiger partial charge in [0.2, 0.25) is 0 Å². The molecular weight excluding hydrogens is 263 g/mol. The molecule has 1 N–H and O–H groups in total. The molecule has 0 heterocycles. The highest BCUT2D eigenvalue weighted by Crippen LogP contribution is 2.24. The van der Waals surface area contributed by atoms with Gasteiger partial charge in [-0.2, -0.15) is 0 Å². The Morgan fingerprint density at radius 2 is 1.48 bits per heavy atom. The monoisotopic (exact) mass is 286 g/mol. The van der Waals surface area contributed by atoms with Crippen LogP contribution in [0.4, 0.5) is 4.39 Å². The highest BCUT2D eigenvalue weighted by atomic mass is 19.1. The van der Waals surface area contributed by atoms with Crippen LogP contribution in [0.2, 0.25) is 0 Å². The lowest BCUT2D eigenvalue weighted by Crippen LogP contribution is -2.30. The number of hydrogen-bond donors (Lipinski definition) is 1. The molecule has 0 aliphatic heterocycles. The Bertz CT molecular complexity index is 604. The van der Waals surface area contributed by atoms with Crippen LogP contribution in [-0.2, 0) is 12.8 Å². The van der Waals surface area contributed by atoms with Gasteiger partial charge in [0, 0.05) is 12.8 Å². The topological polar surface area (TPSA) is 20.2 Å². The first kappa shape index (κ1) is 15.7. The lowest BCUT2D eigenvalue weighted by Gasteiger charge is -2.26. The van der Waals surface area contributed by atoms with Crippen LogP contribution in [0.15, 0.2) is 36.4 Å². The van der Waals surface area contributed by atoms with E-state index in [1.807, 2.05) is 6.92 Å². The van der Waals surface area contributed by atoms with Crippen LogP contribution in [0.1, 0.15) is 34.7 Å². The minimum Gasteiger partial charge on any atom is -0.389 e. The summed E-state index contributed by atoms with van der Waals surface area (Å²) < 4.78 is 12.9. The third kappa shape index (κ3) is 4.15. The number of halogens is 1. The van der Waals surface area contributed by atoms with Crippen molar-refractivity contribution in [1.82, 2.24) is 0 Å². The highest BCUT2D eigenvalue weighted by Gasteiger charge is 2.23. The van der Waals surface area contributed by atoms with Crippen molar-refractivity contribution in [2.24, 2.45) is 0 Å². The lowest BCUT2D eigenvalue weighted by molar-refractivity contribution is 0.0605. The van der Waals surface area contributed by atoms with Gasteiger partial charge in [-0.1, -0.05) is 29.8 Å². The van der Waals surface area contributed by atoms with Crippen molar-refractivity contribution in [2.45, 2.75) is 46.1 Å². The molecule has 1 nitrogen and oxygen atoms in total. The van der Waals surface area contributed by atoms with Crippen molar-refractivity contribution in [3.05, 3.63) is 70.0 Å². The molecule has 21 heavy (non-hydrogen) atoms. The van der Waals surface area contributed by atoms with Crippen LogP contribution in [0.3, 0.4) is 0 Å². The zero-order valence-electron chi connectivity index (χ0n) is 13.2. The summed E-state index contributed by atoms with van der Waals surface area (Å²) in [5.74, 6) is -0.247. The minimum absolute atomic E-state index is 0.247. The number of aliphatic hydroxyl groups is 1. The van der Waals surface area contributed by atoms with Gasteiger partial charge in [-0.15, -0.1) is 0 Å². The van der Waals surface area contributed by atoms with E-state index in [0.717, 1.165) is 5.56 Å². The van der Waals surface area contributed by atoms with Gasteiger partial charge < -0.3 is 5.11 Å². The van der Waals surface area contributed by atoms with E-state index in [0.29, 0.717) is 12.8 Å². The Balaban J connectivity index is 2.19. The van der Waals surface area contributed by atoms with E-state index in [9.17, 15) is 9.50 Å². The van der Waals surface area contributed by atoms with Crippen molar-refractivity contribution in [3.63, 3.8) is 0 Å². The third-order valence-corrected chi connectivity index (χ3v) is 3.90. The smallest absolute Gasteiger partial charge is 0.123 e. The zero-order valence-corrected chi connectivity index (χ0v) is 13.2. The van der Waals surface area contributed by atoms with Crippen LogP contribution in [-0.4, -0.2) is 10.7 Å². The highest BCUT2D eigenvalue weighted by molar-refractivity contribution is 5.38. The number of benzene rings is 2. The number of rotatable bonds is 4. The summed E-state index contributed by atoms with van der Waals surface area (Å²) in [6.45, 7) is 8.10. The van der Waals surface area contributed by atoms with E-state index in [1.54, 1.807) is 12.1 Å². The van der Waals surface area contributed by atoms with Crippen LogP contribution in [0, 0.1) is 26.6 Å². The van der Waals surface area contributed by atoms with Gasteiger partial charge >= 0.3 is 0 Å². The summed E-state index contributed by atoms with van der Waals surface area (Å²) in [4.78, 5) is 0. The Kier molecular flexibility index (Phi) is 4.48. The molecule has 1 unspecified atom stereocenters. The molecule has 2 heteroatoms. The van der Waals surface area contributed by atoms with E-state index >= 15 is 0 Å². The molecule has 0 amide bonds. The fraction of sp³-hybridized carbons (Fsp3) is 0.368. The number of hydrogen-bond acceptors (Lipinski definition) is 1. The molecule has 0 saturated heterocycles. The quantitative estimate of drug-likeness (QED) is 0.889. The van der Waals surface area contributed by atoms with E-state index in [2.05, 4.69) is 32.9 Å². The predicted molar refractivity (Wildman–Crippen MR) is 85.1 cm³/mol. The van der Waals surface area contributed by atoms with E-state index in [4.69, 9.17) is 0 Å². The predicted octanol–water partition coefficient (Wildman–Crippen LogP) is 4.29. The van der Waals surface area contributed by atoms with Crippen LogP contribution >= 0.6 is 0 Å². The Labute approximate surface area is 126 Å². The van der Waals surface area contributed by atoms with Gasteiger partial charge in [-0.3, -0.25) is 0 Å². The maximum absolute atomic E-state index is 12.9. The molecule has 2 aromatic rings. The molecule has 0 aromatic heterocycles. The maximum Gasteiger partial charge on any atom is 0.123 e. The van der Waals surface area contributed by atoms with Crippen molar-refractivity contribution in [2.75, 3.05) is 0 Å². The van der Waals surface area contributed by atoms with E-state index in [-0.39, 0.29) is 5.82 Å². The second kappa shape index (κ2) is 5.98. The van der Waals surface area contributed by atoms with Crippen LogP contribution in [0.5, 0.6) is 0 Å². The molecule has 0 radical (unpaired) electrons. The molecule has 0 saturated carbocycles. The maximum atomic E-state index is 12.9. The number of aryl methyl sites for hydroxylation is 3. The fourth-order valence-electron chi connectivity index (χ4n) is 2.97. The average Bonchev–Trinajstić information content (AvgIpc) is 2.36. The molecule has 0 bridgehead atoms. The first-order chi connectivity index (χ1) is 9.77. The molecule has 2 aromatic carbocycles. The second-order valence-electron chi connectivity index (χ2n) is 6.35. The molecule has 0 aliphatic carbocycles. The van der Waals surface area contributed by atoms with Crippen molar-refractivity contribution < 1.29 is 9.50 Å². The second-order valence-corrected chi connectivity index (χ2v) is 6.35. The summed E-state index contributed by atoms with van der Waals surface area (Å²) in [6, 6.07) is 10.6. The molecule has 0 fully saturated rings. The fourth-order valence-corrected chi connectivity index (χ4v) is 2.97. The largest absolute Gasteiger partial charge is 0.389 e. The van der Waals surface area contributed by atoms with Gasteiger partial charge in [0.25, 0.3) is 0 Å². The molecular formula is C19H23FO. The summed E-state index contributed by atoms with van der Waals surface area (Å²) in [6.07, 6.45) is 1.11. The Hall–Kier alpha value is -1.67. The van der Waals surface area contributed by atoms with Crippen LogP contribution in [0.25, 0.3) is 0 Å². The van der Waals surface area contributed by atoms with Gasteiger partial charge in [-0.05, 0) is 62.1 Å². The van der Waals surface area contributed by atoms with E-state index in [1.165, 1.54) is 34.4 Å². The normalized spacial score (nSPS) is 14.0. The van der Waals surface area contributed by atoms with Gasteiger partial charge in [0.1, 0.15) is 5.82 Å². The Morgan fingerprint density at radius 3 is 2.00 bits per heavy atom. The molecule has 0 aliphatic rings. The molecule has 1 atom stereocenters. The summed E-state index contributed by atoms with van der Waals surface area (Å²) in [7, 11) is 0. The van der Waals surface area contributed by atoms with Gasteiger partial charge in [0.05, 0.1) is 5.60 Å². The summed E-state index contributed by atoms with van der Waals surface area (Å²) >= 11 is 0. The van der Waals surface area contributed by atoms with Crippen molar-refractivity contribution in [1.29, 1.82) is 0 Å². The van der Waals surface area contributed by atoms with E-state index < -0.39 is 5.60 Å². The molecule has 0 spiro atoms. The van der Waals surface area contributed by atoms with Crippen molar-refractivity contribution >= 4 is 0 Å². The first-order valence-corrected chi connectivity index (χ1v) is 7.30. The van der Waals surface area contributed by atoms with Crippen LogP contribution < -0.4 is 0 Å². The minimum atomic E-state index is -0.845.